The second-order valence-electron chi connectivity index (χ2n) is 11.6. The Morgan fingerprint density at radius 2 is 1.56 bits per heavy atom. The van der Waals surface area contributed by atoms with Crippen LogP contribution < -0.4 is 0 Å². The molecule has 6 rings (SSSR count). The first-order chi connectivity index (χ1) is 17.1. The van der Waals surface area contributed by atoms with Gasteiger partial charge in [-0.3, -0.25) is 0 Å². The van der Waals surface area contributed by atoms with E-state index in [0.29, 0.717) is 5.56 Å². The molecule has 3 aliphatic carbocycles. The van der Waals surface area contributed by atoms with Crippen LogP contribution in [-0.4, -0.2) is 11.1 Å². The maximum absolute atomic E-state index is 11.3. The minimum atomic E-state index is -0.849. The summed E-state index contributed by atoms with van der Waals surface area (Å²) < 4.78 is 0. The van der Waals surface area contributed by atoms with Gasteiger partial charge in [0.25, 0.3) is 0 Å². The smallest absolute Gasteiger partial charge is 0.335 e. The van der Waals surface area contributed by atoms with Gasteiger partial charge in [0.15, 0.2) is 0 Å². The van der Waals surface area contributed by atoms with Gasteiger partial charge in [-0.25, -0.2) is 4.79 Å². The van der Waals surface area contributed by atoms with E-state index in [-0.39, 0.29) is 10.8 Å². The second-order valence-corrected chi connectivity index (χ2v) is 11.6. The van der Waals surface area contributed by atoms with Crippen molar-refractivity contribution in [2.24, 2.45) is 0 Å². The lowest BCUT2D eigenvalue weighted by Gasteiger charge is -2.37. The molecule has 0 aromatic heterocycles. The molecular formula is C34H36O2. The standard InChI is InChI=1S/C18H16.C16H20O2/c1-3-7-15-13(5-1)9-11-18-16-8-4-2-6-14(16)10-12-17(15)18;1-10-8-12-13(9-11(10)14(17)18)16(4,5)7-6-15(12,2)3/h1,3-5,7-9,11H,2,6,10,12H2;6-9H,1-5H3,(H,17,18). The van der Waals surface area contributed by atoms with Crippen molar-refractivity contribution >= 4 is 22.3 Å². The largest absolute Gasteiger partial charge is 0.478 e. The van der Waals surface area contributed by atoms with E-state index in [0.717, 1.165) is 11.1 Å². The Kier molecular flexibility index (Phi) is 6.03. The van der Waals surface area contributed by atoms with Crippen molar-refractivity contribution < 1.29 is 9.90 Å². The molecule has 1 N–H and O–H groups in total. The minimum Gasteiger partial charge on any atom is -0.478 e. The fourth-order valence-corrected chi connectivity index (χ4v) is 5.99. The predicted molar refractivity (Wildman–Crippen MR) is 151 cm³/mol. The van der Waals surface area contributed by atoms with Gasteiger partial charge in [-0.1, -0.05) is 100 Å². The van der Waals surface area contributed by atoms with Gasteiger partial charge < -0.3 is 5.11 Å². The molecule has 2 nitrogen and oxygen atoms in total. The van der Waals surface area contributed by atoms with Crippen molar-refractivity contribution in [3.05, 3.63) is 112 Å². The van der Waals surface area contributed by atoms with Crippen LogP contribution in [0.15, 0.2) is 78.4 Å². The molecule has 3 aromatic rings. The number of carbonyl (C=O) groups is 1. The van der Waals surface area contributed by atoms with Crippen LogP contribution in [0.1, 0.15) is 85.1 Å². The summed E-state index contributed by atoms with van der Waals surface area (Å²) in [5, 5.41) is 12.1. The van der Waals surface area contributed by atoms with Crippen LogP contribution in [0.25, 0.3) is 16.3 Å². The molecule has 36 heavy (non-hydrogen) atoms. The Morgan fingerprint density at radius 1 is 0.861 bits per heavy atom. The summed E-state index contributed by atoms with van der Waals surface area (Å²) in [7, 11) is 0. The predicted octanol–water partition coefficient (Wildman–Crippen LogP) is 8.71. The summed E-state index contributed by atoms with van der Waals surface area (Å²) in [5.74, 6) is -0.849. The number of carboxylic acids is 1. The topological polar surface area (TPSA) is 37.3 Å². The molecule has 0 saturated heterocycles. The molecule has 0 heterocycles. The molecule has 3 aromatic carbocycles. The number of carboxylic acid groups (broad SMARTS) is 1. The normalized spacial score (nSPS) is 18.6. The third kappa shape index (κ3) is 4.23. The molecule has 0 bridgehead atoms. The van der Waals surface area contributed by atoms with Crippen molar-refractivity contribution in [3.8, 4) is 0 Å². The van der Waals surface area contributed by atoms with E-state index in [1.165, 1.54) is 53.2 Å². The van der Waals surface area contributed by atoms with Gasteiger partial charge in [-0.2, -0.15) is 0 Å². The average Bonchev–Trinajstić information content (AvgIpc) is 2.86. The minimum absolute atomic E-state index is 0.0351. The summed E-state index contributed by atoms with van der Waals surface area (Å²) in [6.45, 7) is 10.4. The summed E-state index contributed by atoms with van der Waals surface area (Å²) in [6.07, 6.45) is 14.0. The van der Waals surface area contributed by atoms with E-state index in [2.05, 4.69) is 88.4 Å². The van der Waals surface area contributed by atoms with Crippen LogP contribution in [0.3, 0.4) is 0 Å². The van der Waals surface area contributed by atoms with Crippen LogP contribution >= 0.6 is 0 Å². The Labute approximate surface area is 215 Å². The summed E-state index contributed by atoms with van der Waals surface area (Å²) >= 11 is 0. The molecule has 0 saturated carbocycles. The van der Waals surface area contributed by atoms with Gasteiger partial charge in [-0.05, 0) is 82.8 Å². The van der Waals surface area contributed by atoms with E-state index < -0.39 is 5.97 Å². The number of rotatable bonds is 1. The molecule has 0 atom stereocenters. The molecule has 0 aliphatic heterocycles. The number of hydrogen-bond donors (Lipinski definition) is 1. The molecule has 184 valence electrons. The first-order valence-electron chi connectivity index (χ1n) is 13.1. The number of fused-ring (bicyclic) bond motifs is 5. The Balaban J connectivity index is 0.000000148. The number of hydrogen-bond acceptors (Lipinski definition) is 1. The second kappa shape index (κ2) is 8.92. The fourth-order valence-electron chi connectivity index (χ4n) is 5.99. The highest BCUT2D eigenvalue weighted by atomic mass is 16.4. The Hall–Kier alpha value is -3.39. The molecular weight excluding hydrogens is 440 g/mol. The average molecular weight is 477 g/mol. The molecule has 0 unspecified atom stereocenters. The lowest BCUT2D eigenvalue weighted by atomic mass is 9.67. The molecule has 2 heteroatoms. The van der Waals surface area contributed by atoms with Crippen molar-refractivity contribution in [2.75, 3.05) is 0 Å². The zero-order valence-corrected chi connectivity index (χ0v) is 22.1. The summed E-state index contributed by atoms with van der Waals surface area (Å²) in [6, 6.07) is 17.2. The van der Waals surface area contributed by atoms with Gasteiger partial charge in [-0.15, -0.1) is 0 Å². The Bertz CT molecular complexity index is 1460. The van der Waals surface area contributed by atoms with Gasteiger partial charge >= 0.3 is 5.97 Å². The van der Waals surface area contributed by atoms with Crippen LogP contribution in [-0.2, 0) is 17.3 Å². The third-order valence-corrected chi connectivity index (χ3v) is 8.19. The molecule has 0 fully saturated rings. The first-order valence-corrected chi connectivity index (χ1v) is 13.1. The van der Waals surface area contributed by atoms with Crippen LogP contribution in [0.4, 0.5) is 0 Å². The molecule has 0 radical (unpaired) electrons. The molecule has 0 spiro atoms. The van der Waals surface area contributed by atoms with Gasteiger partial charge in [0.2, 0.25) is 0 Å². The van der Waals surface area contributed by atoms with Crippen molar-refractivity contribution in [1.29, 1.82) is 0 Å². The lowest BCUT2D eigenvalue weighted by molar-refractivity contribution is 0.0696. The highest BCUT2D eigenvalue weighted by Gasteiger charge is 2.33. The van der Waals surface area contributed by atoms with Crippen molar-refractivity contribution in [3.63, 3.8) is 0 Å². The summed E-state index contributed by atoms with van der Waals surface area (Å²) in [5.41, 5.74) is 9.66. The van der Waals surface area contributed by atoms with Gasteiger partial charge in [0.1, 0.15) is 0 Å². The third-order valence-electron chi connectivity index (χ3n) is 8.19. The maximum atomic E-state index is 11.3. The van der Waals surface area contributed by atoms with Gasteiger partial charge in [0, 0.05) is 10.8 Å². The molecule has 3 aliphatic rings. The quantitative estimate of drug-likeness (QED) is 0.357. The molecule has 0 amide bonds. The summed E-state index contributed by atoms with van der Waals surface area (Å²) in [4.78, 5) is 11.3. The van der Waals surface area contributed by atoms with Crippen LogP contribution in [0.5, 0.6) is 0 Å². The highest BCUT2D eigenvalue weighted by molar-refractivity contribution is 5.94. The number of allylic oxidation sites excluding steroid dienone is 6. The van der Waals surface area contributed by atoms with E-state index in [1.807, 2.05) is 19.1 Å². The van der Waals surface area contributed by atoms with Crippen molar-refractivity contribution in [1.82, 2.24) is 0 Å². The zero-order chi connectivity index (χ0) is 25.7. The van der Waals surface area contributed by atoms with Gasteiger partial charge in [0.05, 0.1) is 5.56 Å². The van der Waals surface area contributed by atoms with E-state index >= 15 is 0 Å². The Morgan fingerprint density at radius 3 is 2.28 bits per heavy atom. The maximum Gasteiger partial charge on any atom is 0.335 e. The van der Waals surface area contributed by atoms with E-state index in [1.54, 1.807) is 11.1 Å². The highest BCUT2D eigenvalue weighted by Crippen LogP contribution is 2.42. The van der Waals surface area contributed by atoms with E-state index in [4.69, 9.17) is 0 Å². The number of aromatic carboxylic acids is 1. The number of benzene rings is 3. The first kappa shape index (κ1) is 24.3. The zero-order valence-electron chi connectivity index (χ0n) is 22.1. The monoisotopic (exact) mass is 476 g/mol. The fraction of sp³-hybridized carbons (Fsp3) is 0.324. The van der Waals surface area contributed by atoms with E-state index in [9.17, 15) is 9.90 Å². The van der Waals surface area contributed by atoms with Crippen LogP contribution in [0.2, 0.25) is 0 Å². The number of aryl methyl sites for hydroxylation is 2. The SMILES string of the molecule is C1=CC2=C(CC1)CCc1c2ccc2ccccc12.Cc1cc2c(cc1C(=O)O)C(C)(C)C=CC2(C)C. The van der Waals surface area contributed by atoms with Crippen LogP contribution in [0, 0.1) is 6.92 Å². The lowest BCUT2D eigenvalue weighted by Crippen LogP contribution is -2.29. The van der Waals surface area contributed by atoms with Crippen molar-refractivity contribution in [2.45, 2.75) is 71.1 Å².